The van der Waals surface area contributed by atoms with Crippen LogP contribution in [0.15, 0.2) is 52.2 Å². The van der Waals surface area contributed by atoms with Gasteiger partial charge in [0.2, 0.25) is 10.0 Å². The Bertz CT molecular complexity index is 711. The standard InChI is InChI=1S/C13H12F3NO4S/c14-13(15,16)21-11-3-1-2-4-12(11)22(18,19)17-7-5-10-6-8-20-9-10/h1-4,6,8-9,17H,5,7H2. The van der Waals surface area contributed by atoms with Crippen molar-refractivity contribution in [1.29, 1.82) is 0 Å². The lowest BCUT2D eigenvalue weighted by Gasteiger charge is -2.13. The summed E-state index contributed by atoms with van der Waals surface area (Å²) in [7, 11) is -4.12. The molecule has 0 amide bonds. The molecule has 1 heterocycles. The van der Waals surface area contributed by atoms with Crippen molar-refractivity contribution in [1.82, 2.24) is 4.72 Å². The molecule has 2 rings (SSSR count). The lowest BCUT2D eigenvalue weighted by atomic mass is 10.2. The van der Waals surface area contributed by atoms with Gasteiger partial charge in [0, 0.05) is 6.54 Å². The second-order valence-electron chi connectivity index (χ2n) is 4.27. The van der Waals surface area contributed by atoms with Gasteiger partial charge in [0.05, 0.1) is 12.5 Å². The van der Waals surface area contributed by atoms with Crippen molar-refractivity contribution in [3.8, 4) is 5.75 Å². The molecule has 5 nitrogen and oxygen atoms in total. The molecular formula is C13H12F3NO4S. The summed E-state index contributed by atoms with van der Waals surface area (Å²) in [6.45, 7) is 0.0161. The number of sulfonamides is 1. The number of benzene rings is 1. The molecule has 0 bridgehead atoms. The van der Waals surface area contributed by atoms with Crippen LogP contribution in [0.3, 0.4) is 0 Å². The second-order valence-corrected chi connectivity index (χ2v) is 6.01. The molecule has 0 saturated heterocycles. The lowest BCUT2D eigenvalue weighted by Crippen LogP contribution is -2.27. The normalized spacial score (nSPS) is 12.3. The van der Waals surface area contributed by atoms with Crippen molar-refractivity contribution in [2.75, 3.05) is 6.54 Å². The molecule has 0 unspecified atom stereocenters. The highest BCUT2D eigenvalue weighted by Crippen LogP contribution is 2.29. The molecule has 0 aliphatic rings. The third kappa shape index (κ3) is 4.50. The molecule has 0 spiro atoms. The van der Waals surface area contributed by atoms with Crippen molar-refractivity contribution in [3.05, 3.63) is 48.4 Å². The molecule has 22 heavy (non-hydrogen) atoms. The molecule has 120 valence electrons. The molecule has 1 N–H and O–H groups in total. The highest BCUT2D eigenvalue weighted by molar-refractivity contribution is 7.89. The number of ether oxygens (including phenoxy) is 1. The highest BCUT2D eigenvalue weighted by atomic mass is 32.2. The van der Waals surface area contributed by atoms with Crippen molar-refractivity contribution in [3.63, 3.8) is 0 Å². The summed E-state index contributed by atoms with van der Waals surface area (Å²) < 4.78 is 71.9. The van der Waals surface area contributed by atoms with E-state index >= 15 is 0 Å². The van der Waals surface area contributed by atoms with E-state index in [1.165, 1.54) is 24.7 Å². The molecule has 0 atom stereocenters. The monoisotopic (exact) mass is 335 g/mol. The Hall–Kier alpha value is -2.00. The first-order valence-electron chi connectivity index (χ1n) is 6.13. The van der Waals surface area contributed by atoms with Gasteiger partial charge in [0.1, 0.15) is 10.6 Å². The average Bonchev–Trinajstić information content (AvgIpc) is 2.90. The quantitative estimate of drug-likeness (QED) is 0.881. The number of halogens is 3. The van der Waals surface area contributed by atoms with Gasteiger partial charge in [0.15, 0.2) is 0 Å². The Morgan fingerprint density at radius 2 is 1.91 bits per heavy atom. The van der Waals surface area contributed by atoms with Crippen LogP contribution in [0.4, 0.5) is 13.2 Å². The average molecular weight is 335 g/mol. The molecule has 0 fully saturated rings. The summed E-state index contributed by atoms with van der Waals surface area (Å²) in [5.41, 5.74) is 0.766. The van der Waals surface area contributed by atoms with Crippen molar-refractivity contribution in [2.24, 2.45) is 0 Å². The van der Waals surface area contributed by atoms with Crippen LogP contribution in [0.2, 0.25) is 0 Å². The first kappa shape index (κ1) is 16.4. The van der Waals surface area contributed by atoms with Crippen molar-refractivity contribution >= 4 is 10.0 Å². The first-order chi connectivity index (χ1) is 10.3. The maximum Gasteiger partial charge on any atom is 0.573 e. The SMILES string of the molecule is O=S(=O)(NCCc1ccoc1)c1ccccc1OC(F)(F)F. The predicted molar refractivity (Wildman–Crippen MR) is 70.7 cm³/mol. The maximum absolute atomic E-state index is 12.3. The molecule has 1 aromatic heterocycles. The van der Waals surface area contributed by atoms with E-state index in [1.807, 2.05) is 0 Å². The smallest absolute Gasteiger partial charge is 0.472 e. The third-order valence-corrected chi connectivity index (χ3v) is 4.15. The van der Waals surface area contributed by atoms with Crippen LogP contribution in [0, 0.1) is 0 Å². The van der Waals surface area contributed by atoms with Gasteiger partial charge in [0.25, 0.3) is 0 Å². The van der Waals surface area contributed by atoms with Crippen LogP contribution in [-0.4, -0.2) is 21.3 Å². The van der Waals surface area contributed by atoms with E-state index < -0.39 is 27.0 Å². The molecule has 1 aromatic carbocycles. The molecule has 9 heteroatoms. The Morgan fingerprint density at radius 1 is 1.18 bits per heavy atom. The fourth-order valence-electron chi connectivity index (χ4n) is 1.72. The van der Waals surface area contributed by atoms with E-state index in [-0.39, 0.29) is 6.54 Å². The van der Waals surface area contributed by atoms with E-state index in [0.29, 0.717) is 6.42 Å². The molecule has 0 aliphatic carbocycles. The van der Waals surface area contributed by atoms with Gasteiger partial charge in [-0.2, -0.15) is 0 Å². The molecule has 2 aromatic rings. The molecule has 0 radical (unpaired) electrons. The fraction of sp³-hybridized carbons (Fsp3) is 0.231. The first-order valence-corrected chi connectivity index (χ1v) is 7.62. The minimum atomic E-state index is -4.97. The second kappa shape index (κ2) is 6.41. The summed E-state index contributed by atoms with van der Waals surface area (Å²) in [5.74, 6) is -0.772. The largest absolute Gasteiger partial charge is 0.573 e. The van der Waals surface area contributed by atoms with Gasteiger partial charge in [-0.1, -0.05) is 12.1 Å². The minimum Gasteiger partial charge on any atom is -0.472 e. The summed E-state index contributed by atoms with van der Waals surface area (Å²) in [4.78, 5) is -0.570. The topological polar surface area (TPSA) is 68.5 Å². The summed E-state index contributed by atoms with van der Waals surface area (Å²) in [6, 6.07) is 6.22. The van der Waals surface area contributed by atoms with E-state index in [9.17, 15) is 21.6 Å². The van der Waals surface area contributed by atoms with Crippen molar-refractivity contribution < 1.29 is 30.7 Å². The Balaban J connectivity index is 2.11. The number of hydrogen-bond donors (Lipinski definition) is 1. The Labute approximate surface area is 124 Å². The van der Waals surface area contributed by atoms with Crippen LogP contribution < -0.4 is 9.46 Å². The van der Waals surface area contributed by atoms with Crippen molar-refractivity contribution in [2.45, 2.75) is 17.7 Å². The molecule has 0 saturated carbocycles. The Morgan fingerprint density at radius 3 is 2.55 bits per heavy atom. The zero-order valence-electron chi connectivity index (χ0n) is 11.1. The van der Waals surface area contributed by atoms with E-state index in [4.69, 9.17) is 4.42 Å². The van der Waals surface area contributed by atoms with Crippen LogP contribution >= 0.6 is 0 Å². The number of furan rings is 1. The molecule has 0 aliphatic heterocycles. The van der Waals surface area contributed by atoms with Crippen LogP contribution in [0.25, 0.3) is 0 Å². The van der Waals surface area contributed by atoms with Gasteiger partial charge in [-0.25, -0.2) is 13.1 Å². The van der Waals surface area contributed by atoms with Gasteiger partial charge < -0.3 is 9.15 Å². The summed E-state index contributed by atoms with van der Waals surface area (Å²) in [6.07, 6.45) is -1.73. The zero-order chi connectivity index (χ0) is 16.2. The number of nitrogens with one attached hydrogen (secondary N) is 1. The predicted octanol–water partition coefficient (Wildman–Crippen LogP) is 2.70. The van der Waals surface area contributed by atoms with E-state index in [1.54, 1.807) is 6.07 Å². The third-order valence-electron chi connectivity index (χ3n) is 2.65. The van der Waals surface area contributed by atoms with Gasteiger partial charge in [-0.05, 0) is 30.2 Å². The van der Waals surface area contributed by atoms with Crippen LogP contribution in [0.5, 0.6) is 5.75 Å². The fourth-order valence-corrected chi connectivity index (χ4v) is 2.88. The lowest BCUT2D eigenvalue weighted by molar-refractivity contribution is -0.275. The minimum absolute atomic E-state index is 0.0161. The number of hydrogen-bond acceptors (Lipinski definition) is 4. The van der Waals surface area contributed by atoms with Gasteiger partial charge >= 0.3 is 6.36 Å². The Kier molecular flexibility index (Phi) is 4.77. The number of alkyl halides is 3. The summed E-state index contributed by atoms with van der Waals surface area (Å²) >= 11 is 0. The number of rotatable bonds is 6. The highest BCUT2D eigenvalue weighted by Gasteiger charge is 2.33. The van der Waals surface area contributed by atoms with Gasteiger partial charge in [-0.15, -0.1) is 13.2 Å². The zero-order valence-corrected chi connectivity index (χ0v) is 11.9. The summed E-state index contributed by atoms with van der Waals surface area (Å²) in [5, 5.41) is 0. The van der Waals surface area contributed by atoms with Crippen LogP contribution in [-0.2, 0) is 16.4 Å². The molecular weight excluding hydrogens is 323 g/mol. The maximum atomic E-state index is 12.3. The van der Waals surface area contributed by atoms with E-state index in [2.05, 4.69) is 9.46 Å². The van der Waals surface area contributed by atoms with E-state index in [0.717, 1.165) is 17.7 Å². The number of para-hydroxylation sites is 1. The van der Waals surface area contributed by atoms with Crippen LogP contribution in [0.1, 0.15) is 5.56 Å². The van der Waals surface area contributed by atoms with Gasteiger partial charge in [-0.3, -0.25) is 0 Å².